The van der Waals surface area contributed by atoms with Crippen molar-refractivity contribution in [2.45, 2.75) is 49.7 Å². The van der Waals surface area contributed by atoms with E-state index in [9.17, 15) is 19.5 Å². The molecule has 2 saturated heterocycles. The second-order valence-electron chi connectivity index (χ2n) is 11.4. The van der Waals surface area contributed by atoms with Gasteiger partial charge in [-0.15, -0.1) is 0 Å². The number of nitrogens with zero attached hydrogens (tertiary/aromatic N) is 2. The summed E-state index contributed by atoms with van der Waals surface area (Å²) in [5.41, 5.74) is 4.48. The molecule has 41 heavy (non-hydrogen) atoms. The molecule has 2 atom stereocenters. The topological polar surface area (TPSA) is 99.2 Å². The third-order valence-electron chi connectivity index (χ3n) is 8.74. The summed E-state index contributed by atoms with van der Waals surface area (Å²) in [5.74, 6) is -1.23. The van der Waals surface area contributed by atoms with Crippen LogP contribution in [0.3, 0.4) is 0 Å². The van der Waals surface area contributed by atoms with Gasteiger partial charge >= 0.3 is 12.1 Å². The van der Waals surface area contributed by atoms with Gasteiger partial charge in [0.1, 0.15) is 12.1 Å². The van der Waals surface area contributed by atoms with E-state index in [1.807, 2.05) is 54.6 Å². The number of hydrogen-bond donors (Lipinski definition) is 2. The highest BCUT2D eigenvalue weighted by Gasteiger charge is 2.50. The molecule has 212 valence electrons. The first-order valence-corrected chi connectivity index (χ1v) is 14.4. The largest absolute Gasteiger partial charge is 0.481 e. The lowest BCUT2D eigenvalue weighted by Gasteiger charge is -2.35. The Balaban J connectivity index is 1.20. The summed E-state index contributed by atoms with van der Waals surface area (Å²) in [6, 6.07) is 26.0. The summed E-state index contributed by atoms with van der Waals surface area (Å²) in [7, 11) is 0. The van der Waals surface area contributed by atoms with Crippen LogP contribution < -0.4 is 5.32 Å². The van der Waals surface area contributed by atoms with Gasteiger partial charge in [0.15, 0.2) is 0 Å². The molecule has 3 aromatic carbocycles. The Morgan fingerprint density at radius 3 is 2.24 bits per heavy atom. The molecule has 2 aliphatic heterocycles. The Hall–Kier alpha value is -4.17. The number of carbonyl (C=O) groups is 3. The summed E-state index contributed by atoms with van der Waals surface area (Å²) in [6.07, 6.45) is 1.10. The third kappa shape index (κ3) is 5.44. The van der Waals surface area contributed by atoms with Gasteiger partial charge in [0.25, 0.3) is 0 Å². The zero-order valence-electron chi connectivity index (χ0n) is 23.0. The SMILES string of the molecule is O=C(O)C[C@H]1CCCN1C(=O)C1(NC(=O)OCC2c3ccccc3-c3ccccc32)CCN(Cc2ccccc2)C1. The van der Waals surface area contributed by atoms with Gasteiger partial charge in [0.05, 0.1) is 6.42 Å². The minimum atomic E-state index is -1.18. The summed E-state index contributed by atoms with van der Waals surface area (Å²) in [4.78, 5) is 42.9. The van der Waals surface area contributed by atoms with Crippen molar-refractivity contribution < 1.29 is 24.2 Å². The van der Waals surface area contributed by atoms with E-state index in [1.54, 1.807) is 4.90 Å². The zero-order valence-corrected chi connectivity index (χ0v) is 23.0. The van der Waals surface area contributed by atoms with Crippen LogP contribution in [-0.4, -0.2) is 70.7 Å². The number of alkyl carbamates (subject to hydrolysis) is 1. The van der Waals surface area contributed by atoms with E-state index in [-0.39, 0.29) is 30.9 Å². The number of ether oxygens (including phenoxy) is 1. The Labute approximate surface area is 239 Å². The summed E-state index contributed by atoms with van der Waals surface area (Å²) >= 11 is 0. The lowest BCUT2D eigenvalue weighted by Crippen LogP contribution is -2.62. The van der Waals surface area contributed by atoms with Gasteiger partial charge in [0.2, 0.25) is 5.91 Å². The average molecular weight is 554 g/mol. The molecule has 2 heterocycles. The molecule has 2 N–H and O–H groups in total. The van der Waals surface area contributed by atoms with Crippen LogP contribution >= 0.6 is 0 Å². The van der Waals surface area contributed by atoms with Gasteiger partial charge in [0, 0.05) is 38.1 Å². The predicted octanol–water partition coefficient (Wildman–Crippen LogP) is 4.64. The number of amides is 2. The maximum Gasteiger partial charge on any atom is 0.408 e. The van der Waals surface area contributed by atoms with Crippen LogP contribution in [0.15, 0.2) is 78.9 Å². The normalized spacial score (nSPS) is 21.9. The number of likely N-dealkylation sites (tertiary alicyclic amines) is 2. The molecule has 6 rings (SSSR count). The van der Waals surface area contributed by atoms with Crippen molar-refractivity contribution in [3.05, 3.63) is 95.6 Å². The van der Waals surface area contributed by atoms with Crippen molar-refractivity contribution in [1.82, 2.24) is 15.1 Å². The van der Waals surface area contributed by atoms with Crippen LogP contribution in [0, 0.1) is 0 Å². The molecule has 0 radical (unpaired) electrons. The molecule has 0 bridgehead atoms. The Morgan fingerprint density at radius 1 is 0.902 bits per heavy atom. The van der Waals surface area contributed by atoms with Gasteiger partial charge in [-0.2, -0.15) is 0 Å². The number of carboxylic acids is 1. The van der Waals surface area contributed by atoms with Gasteiger partial charge in [-0.25, -0.2) is 4.79 Å². The average Bonchev–Trinajstić information content (AvgIpc) is 3.68. The van der Waals surface area contributed by atoms with Gasteiger partial charge in [-0.3, -0.25) is 14.5 Å². The van der Waals surface area contributed by atoms with E-state index >= 15 is 0 Å². The van der Waals surface area contributed by atoms with E-state index in [4.69, 9.17) is 4.74 Å². The van der Waals surface area contributed by atoms with Crippen LogP contribution in [0.2, 0.25) is 0 Å². The maximum absolute atomic E-state index is 14.1. The van der Waals surface area contributed by atoms with E-state index in [1.165, 1.54) is 0 Å². The molecule has 0 saturated carbocycles. The number of hydrogen-bond acceptors (Lipinski definition) is 5. The Bertz CT molecular complexity index is 1400. The number of aliphatic carboxylic acids is 1. The molecular weight excluding hydrogens is 518 g/mol. The summed E-state index contributed by atoms with van der Waals surface area (Å²) in [6.45, 7) is 2.26. The second kappa shape index (κ2) is 11.4. The Kier molecular flexibility index (Phi) is 7.49. The van der Waals surface area contributed by atoms with Gasteiger partial charge in [-0.1, -0.05) is 78.9 Å². The fourth-order valence-corrected chi connectivity index (χ4v) is 6.82. The molecule has 3 aromatic rings. The van der Waals surface area contributed by atoms with Crippen LogP contribution in [0.1, 0.15) is 48.3 Å². The van der Waals surface area contributed by atoms with Crippen molar-refractivity contribution in [1.29, 1.82) is 0 Å². The van der Waals surface area contributed by atoms with E-state index in [0.717, 1.165) is 34.2 Å². The lowest BCUT2D eigenvalue weighted by molar-refractivity contribution is -0.142. The van der Waals surface area contributed by atoms with Crippen molar-refractivity contribution in [2.24, 2.45) is 0 Å². The zero-order chi connectivity index (χ0) is 28.4. The lowest BCUT2D eigenvalue weighted by atomic mass is 9.95. The van der Waals surface area contributed by atoms with Crippen LogP contribution in [0.25, 0.3) is 11.1 Å². The first-order chi connectivity index (χ1) is 19.9. The molecule has 0 aromatic heterocycles. The highest BCUT2D eigenvalue weighted by molar-refractivity contribution is 5.91. The van der Waals surface area contributed by atoms with Crippen LogP contribution in [0.5, 0.6) is 0 Å². The van der Waals surface area contributed by atoms with E-state index in [2.05, 4.69) is 34.5 Å². The molecule has 1 unspecified atom stereocenters. The summed E-state index contributed by atoms with van der Waals surface area (Å²) < 4.78 is 5.85. The summed E-state index contributed by atoms with van der Waals surface area (Å²) in [5, 5.41) is 12.4. The van der Waals surface area contributed by atoms with Crippen molar-refractivity contribution in [3.63, 3.8) is 0 Å². The predicted molar refractivity (Wildman–Crippen MR) is 154 cm³/mol. The Morgan fingerprint density at radius 2 is 1.56 bits per heavy atom. The smallest absolute Gasteiger partial charge is 0.408 e. The van der Waals surface area contributed by atoms with Crippen LogP contribution in [0.4, 0.5) is 4.79 Å². The van der Waals surface area contributed by atoms with Crippen molar-refractivity contribution in [3.8, 4) is 11.1 Å². The number of rotatable bonds is 8. The molecule has 3 aliphatic rings. The van der Waals surface area contributed by atoms with Crippen molar-refractivity contribution in [2.75, 3.05) is 26.2 Å². The number of carbonyl (C=O) groups excluding carboxylic acids is 2. The standard InChI is InChI=1S/C33H35N3O5/c37-30(38)19-24-11-8-17-36(24)31(39)33(16-18-35(22-33)20-23-9-2-1-3-10-23)34-32(40)41-21-29-27-14-6-4-12-25(27)26-13-5-7-15-28(26)29/h1-7,9-10,12-15,24,29H,8,11,16-22H2,(H,34,40)(H,37,38)/t24-,33?/m1/s1. The van der Waals surface area contributed by atoms with Crippen molar-refractivity contribution >= 4 is 18.0 Å². The van der Waals surface area contributed by atoms with E-state index in [0.29, 0.717) is 39.0 Å². The maximum atomic E-state index is 14.1. The number of benzene rings is 3. The minimum absolute atomic E-state index is 0.0866. The number of carboxylic acid groups (broad SMARTS) is 1. The molecule has 8 heteroatoms. The quantitative estimate of drug-likeness (QED) is 0.422. The number of nitrogens with one attached hydrogen (secondary N) is 1. The fraction of sp³-hybridized carbons (Fsp3) is 0.364. The fourth-order valence-electron chi connectivity index (χ4n) is 6.82. The van der Waals surface area contributed by atoms with Gasteiger partial charge < -0.3 is 20.1 Å². The number of fused-ring (bicyclic) bond motifs is 3. The van der Waals surface area contributed by atoms with Crippen LogP contribution in [-0.2, 0) is 20.9 Å². The molecule has 8 nitrogen and oxygen atoms in total. The molecule has 2 fully saturated rings. The highest BCUT2D eigenvalue weighted by atomic mass is 16.5. The highest BCUT2D eigenvalue weighted by Crippen LogP contribution is 2.44. The molecule has 2 amide bonds. The molecule has 0 spiro atoms. The minimum Gasteiger partial charge on any atom is -0.481 e. The third-order valence-corrected chi connectivity index (χ3v) is 8.74. The first-order valence-electron chi connectivity index (χ1n) is 14.4. The monoisotopic (exact) mass is 553 g/mol. The van der Waals surface area contributed by atoms with Gasteiger partial charge in [-0.05, 0) is 47.1 Å². The molecular formula is C33H35N3O5. The first kappa shape index (κ1) is 27.0. The second-order valence-corrected chi connectivity index (χ2v) is 11.4. The molecule has 1 aliphatic carbocycles. The van der Waals surface area contributed by atoms with E-state index < -0.39 is 17.6 Å².